The summed E-state index contributed by atoms with van der Waals surface area (Å²) in [5.74, 6) is -0.0186. The molecule has 0 aliphatic carbocycles. The van der Waals surface area contributed by atoms with Gasteiger partial charge in [-0.25, -0.2) is 4.39 Å². The Labute approximate surface area is 132 Å². The van der Waals surface area contributed by atoms with Crippen molar-refractivity contribution in [2.24, 2.45) is 13.0 Å². The van der Waals surface area contributed by atoms with Crippen LogP contribution in [0.3, 0.4) is 0 Å². The van der Waals surface area contributed by atoms with Gasteiger partial charge in [0.05, 0.1) is 5.69 Å². The standard InChI is InChI=1S/C16H17FN4O2/c1-21-13(4-6-19-21)15-10(5-7-22-15)9-18-16-20-12-8-11(17)2-3-14(12)23-16/h2-4,6,8,10,15H,5,7,9H2,1H3,(H,18,20)/t10-,15+/m0/s1. The van der Waals surface area contributed by atoms with Crippen LogP contribution >= 0.6 is 0 Å². The minimum Gasteiger partial charge on any atom is -0.424 e. The Bertz CT molecular complexity index is 828. The number of oxazole rings is 1. The van der Waals surface area contributed by atoms with E-state index < -0.39 is 0 Å². The zero-order chi connectivity index (χ0) is 15.8. The van der Waals surface area contributed by atoms with E-state index in [0.717, 1.165) is 18.7 Å². The van der Waals surface area contributed by atoms with E-state index in [0.29, 0.717) is 29.6 Å². The first-order valence-electron chi connectivity index (χ1n) is 7.60. The van der Waals surface area contributed by atoms with Gasteiger partial charge in [-0.3, -0.25) is 4.68 Å². The predicted octanol–water partition coefficient (Wildman–Crippen LogP) is 2.89. The van der Waals surface area contributed by atoms with Gasteiger partial charge in [-0.15, -0.1) is 0 Å². The summed E-state index contributed by atoms with van der Waals surface area (Å²) in [4.78, 5) is 4.26. The highest BCUT2D eigenvalue weighted by Crippen LogP contribution is 2.34. The van der Waals surface area contributed by atoms with E-state index >= 15 is 0 Å². The molecule has 3 heterocycles. The fraction of sp³-hybridized carbons (Fsp3) is 0.375. The first-order chi connectivity index (χ1) is 11.2. The maximum absolute atomic E-state index is 13.2. The lowest BCUT2D eigenvalue weighted by Gasteiger charge is -2.18. The Balaban J connectivity index is 1.48. The van der Waals surface area contributed by atoms with Crippen LogP contribution in [0.4, 0.5) is 10.4 Å². The molecular weight excluding hydrogens is 299 g/mol. The van der Waals surface area contributed by atoms with Gasteiger partial charge in [0.2, 0.25) is 0 Å². The molecule has 1 aliphatic rings. The molecule has 0 bridgehead atoms. The maximum atomic E-state index is 13.2. The van der Waals surface area contributed by atoms with Crippen LogP contribution in [-0.4, -0.2) is 27.9 Å². The topological polar surface area (TPSA) is 65.1 Å². The second-order valence-corrected chi connectivity index (χ2v) is 5.73. The molecule has 1 fully saturated rings. The zero-order valence-electron chi connectivity index (χ0n) is 12.7. The highest BCUT2D eigenvalue weighted by molar-refractivity contribution is 5.74. The van der Waals surface area contributed by atoms with Crippen LogP contribution in [0.1, 0.15) is 18.2 Å². The molecule has 0 radical (unpaired) electrons. The Morgan fingerprint density at radius 1 is 1.39 bits per heavy atom. The third-order valence-corrected chi connectivity index (χ3v) is 4.23. The molecule has 120 valence electrons. The Hall–Kier alpha value is -2.41. The third-order valence-electron chi connectivity index (χ3n) is 4.23. The molecule has 1 saturated heterocycles. The van der Waals surface area contributed by atoms with Gasteiger partial charge in [-0.2, -0.15) is 10.1 Å². The molecule has 23 heavy (non-hydrogen) atoms. The van der Waals surface area contributed by atoms with Crippen LogP contribution < -0.4 is 5.32 Å². The van der Waals surface area contributed by atoms with Crippen LogP contribution in [0.15, 0.2) is 34.9 Å². The molecule has 1 aliphatic heterocycles. The van der Waals surface area contributed by atoms with E-state index in [2.05, 4.69) is 15.4 Å². The lowest BCUT2D eigenvalue weighted by molar-refractivity contribution is 0.0865. The minimum atomic E-state index is -0.321. The number of nitrogens with zero attached hydrogens (tertiary/aromatic N) is 3. The maximum Gasteiger partial charge on any atom is 0.295 e. The number of hydrogen-bond donors (Lipinski definition) is 1. The number of aryl methyl sites for hydroxylation is 1. The van der Waals surface area contributed by atoms with E-state index in [1.165, 1.54) is 12.1 Å². The number of benzene rings is 1. The normalized spacial score (nSPS) is 21.1. The highest BCUT2D eigenvalue weighted by Gasteiger charge is 2.31. The number of ether oxygens (including phenoxy) is 1. The summed E-state index contributed by atoms with van der Waals surface area (Å²) in [7, 11) is 1.91. The molecule has 7 heteroatoms. The molecule has 3 aromatic rings. The number of nitrogens with one attached hydrogen (secondary N) is 1. The zero-order valence-corrected chi connectivity index (χ0v) is 12.7. The van der Waals surface area contributed by atoms with Gasteiger partial charge in [0.15, 0.2) is 5.58 Å². The summed E-state index contributed by atoms with van der Waals surface area (Å²) >= 11 is 0. The van der Waals surface area contributed by atoms with Crippen molar-refractivity contribution >= 4 is 17.1 Å². The van der Waals surface area contributed by atoms with Crippen molar-refractivity contribution in [3.63, 3.8) is 0 Å². The van der Waals surface area contributed by atoms with E-state index in [9.17, 15) is 4.39 Å². The molecule has 1 N–H and O–H groups in total. The molecule has 6 nitrogen and oxygen atoms in total. The fourth-order valence-electron chi connectivity index (χ4n) is 3.03. The van der Waals surface area contributed by atoms with Crippen molar-refractivity contribution in [2.75, 3.05) is 18.5 Å². The third kappa shape index (κ3) is 2.68. The van der Waals surface area contributed by atoms with Crippen molar-refractivity contribution in [1.29, 1.82) is 0 Å². The quantitative estimate of drug-likeness (QED) is 0.802. The monoisotopic (exact) mass is 316 g/mol. The molecule has 0 spiro atoms. The van der Waals surface area contributed by atoms with E-state index in [4.69, 9.17) is 9.15 Å². The van der Waals surface area contributed by atoms with Crippen LogP contribution in [0.2, 0.25) is 0 Å². The molecule has 0 unspecified atom stereocenters. The lowest BCUT2D eigenvalue weighted by Crippen LogP contribution is -2.19. The summed E-state index contributed by atoms with van der Waals surface area (Å²) in [6.07, 6.45) is 2.74. The average Bonchev–Trinajstić information content (AvgIpc) is 3.23. The summed E-state index contributed by atoms with van der Waals surface area (Å²) in [5, 5.41) is 7.40. The number of rotatable bonds is 4. The fourth-order valence-corrected chi connectivity index (χ4v) is 3.03. The first kappa shape index (κ1) is 14.2. The number of hydrogen-bond acceptors (Lipinski definition) is 5. The number of aromatic nitrogens is 3. The number of fused-ring (bicyclic) bond motifs is 1. The van der Waals surface area contributed by atoms with Crippen molar-refractivity contribution in [1.82, 2.24) is 14.8 Å². The molecular formula is C16H17FN4O2. The van der Waals surface area contributed by atoms with Crippen molar-refractivity contribution in [3.05, 3.63) is 42.0 Å². The second-order valence-electron chi connectivity index (χ2n) is 5.73. The Morgan fingerprint density at radius 3 is 3.13 bits per heavy atom. The van der Waals surface area contributed by atoms with E-state index in [1.54, 1.807) is 12.3 Å². The Morgan fingerprint density at radius 2 is 2.30 bits per heavy atom. The molecule has 0 saturated carbocycles. The van der Waals surface area contributed by atoms with E-state index in [-0.39, 0.29) is 11.9 Å². The average molecular weight is 316 g/mol. The number of halogens is 1. The molecule has 2 atom stereocenters. The van der Waals surface area contributed by atoms with Crippen LogP contribution in [0.25, 0.3) is 11.1 Å². The first-order valence-corrected chi connectivity index (χ1v) is 7.60. The van der Waals surface area contributed by atoms with Gasteiger partial charge in [0.1, 0.15) is 17.4 Å². The molecule has 4 rings (SSSR count). The number of anilines is 1. The largest absolute Gasteiger partial charge is 0.424 e. The highest BCUT2D eigenvalue weighted by atomic mass is 19.1. The molecule has 2 aromatic heterocycles. The SMILES string of the molecule is Cn1nccc1[C@@H]1OCC[C@H]1CNc1nc2cc(F)ccc2o1. The van der Waals surface area contributed by atoms with Gasteiger partial charge >= 0.3 is 0 Å². The lowest BCUT2D eigenvalue weighted by atomic mass is 9.99. The van der Waals surface area contributed by atoms with E-state index in [1.807, 2.05) is 17.8 Å². The Kier molecular flexibility index (Phi) is 3.49. The van der Waals surface area contributed by atoms with Gasteiger partial charge in [-0.1, -0.05) is 0 Å². The second kappa shape index (κ2) is 5.66. The molecule has 1 aromatic carbocycles. The van der Waals surface area contributed by atoms with Gasteiger partial charge in [-0.05, 0) is 24.6 Å². The van der Waals surface area contributed by atoms with Crippen LogP contribution in [0, 0.1) is 11.7 Å². The summed E-state index contributed by atoms with van der Waals surface area (Å²) in [6, 6.07) is 6.69. The minimum absolute atomic E-state index is 0.0109. The van der Waals surface area contributed by atoms with Crippen molar-refractivity contribution in [2.45, 2.75) is 12.5 Å². The smallest absolute Gasteiger partial charge is 0.295 e. The van der Waals surface area contributed by atoms with Crippen LogP contribution in [-0.2, 0) is 11.8 Å². The predicted molar refractivity (Wildman–Crippen MR) is 82.5 cm³/mol. The van der Waals surface area contributed by atoms with Crippen LogP contribution in [0.5, 0.6) is 0 Å². The van der Waals surface area contributed by atoms with Gasteiger partial charge in [0, 0.05) is 38.4 Å². The van der Waals surface area contributed by atoms with Gasteiger partial charge in [0.25, 0.3) is 6.01 Å². The molecule has 0 amide bonds. The summed E-state index contributed by atoms with van der Waals surface area (Å²) in [5.41, 5.74) is 2.15. The van der Waals surface area contributed by atoms with Crippen molar-refractivity contribution < 1.29 is 13.5 Å². The van der Waals surface area contributed by atoms with Crippen molar-refractivity contribution in [3.8, 4) is 0 Å². The summed E-state index contributed by atoms with van der Waals surface area (Å²) < 4.78 is 26.5. The van der Waals surface area contributed by atoms with Gasteiger partial charge < -0.3 is 14.5 Å². The summed E-state index contributed by atoms with van der Waals surface area (Å²) in [6.45, 7) is 1.39.